The second-order valence-electron chi connectivity index (χ2n) is 4.72. The first-order chi connectivity index (χ1) is 8.97. The number of benzene rings is 1. The van der Waals surface area contributed by atoms with Gasteiger partial charge in [-0.05, 0) is 24.1 Å². The van der Waals surface area contributed by atoms with Crippen molar-refractivity contribution in [2.24, 2.45) is 17.4 Å². The molecule has 1 amide bonds. The van der Waals surface area contributed by atoms with Gasteiger partial charge in [0.1, 0.15) is 12.1 Å². The number of hydrogen-bond donors (Lipinski definition) is 2. The zero-order valence-corrected chi connectivity index (χ0v) is 10.5. The Hall–Kier alpha value is -2.14. The van der Waals surface area contributed by atoms with Crippen LogP contribution >= 0.6 is 0 Å². The SMILES string of the molecule is C=C[C@@H]1C[C@]1(N)C(=O)OCc1ccc(C(N)=O)cc1. The molecule has 5 nitrogen and oxygen atoms in total. The van der Waals surface area contributed by atoms with Crippen LogP contribution in [0.25, 0.3) is 0 Å². The van der Waals surface area contributed by atoms with Crippen LogP contribution < -0.4 is 11.5 Å². The molecule has 0 bridgehead atoms. The van der Waals surface area contributed by atoms with E-state index in [0.717, 1.165) is 5.56 Å². The number of esters is 1. The highest BCUT2D eigenvalue weighted by atomic mass is 16.5. The van der Waals surface area contributed by atoms with Crippen LogP contribution in [0.15, 0.2) is 36.9 Å². The Labute approximate surface area is 111 Å². The minimum Gasteiger partial charge on any atom is -0.459 e. The maximum atomic E-state index is 11.8. The number of amides is 1. The Morgan fingerprint density at radius 3 is 2.53 bits per heavy atom. The molecule has 1 saturated carbocycles. The Balaban J connectivity index is 1.91. The monoisotopic (exact) mass is 260 g/mol. The van der Waals surface area contributed by atoms with Crippen molar-refractivity contribution < 1.29 is 14.3 Å². The van der Waals surface area contributed by atoms with Crippen molar-refractivity contribution in [3.63, 3.8) is 0 Å². The predicted molar refractivity (Wildman–Crippen MR) is 70.0 cm³/mol. The van der Waals surface area contributed by atoms with Gasteiger partial charge in [-0.3, -0.25) is 9.59 Å². The molecule has 0 saturated heterocycles. The molecule has 0 aliphatic heterocycles. The Morgan fingerprint density at radius 2 is 2.05 bits per heavy atom. The van der Waals surface area contributed by atoms with E-state index in [4.69, 9.17) is 16.2 Å². The molecular weight excluding hydrogens is 244 g/mol. The average Bonchev–Trinajstić information content (AvgIpc) is 3.09. The number of carbonyl (C=O) groups excluding carboxylic acids is 2. The summed E-state index contributed by atoms with van der Waals surface area (Å²) in [6.07, 6.45) is 2.25. The first-order valence-electron chi connectivity index (χ1n) is 5.95. The highest BCUT2D eigenvalue weighted by molar-refractivity contribution is 5.92. The van der Waals surface area contributed by atoms with Gasteiger partial charge in [-0.15, -0.1) is 6.58 Å². The molecule has 100 valence electrons. The lowest BCUT2D eigenvalue weighted by Gasteiger charge is -2.10. The number of nitrogens with two attached hydrogens (primary N) is 2. The first kappa shape index (κ1) is 13.3. The molecule has 2 atom stereocenters. The fourth-order valence-electron chi connectivity index (χ4n) is 1.88. The van der Waals surface area contributed by atoms with Crippen molar-refractivity contribution in [1.29, 1.82) is 0 Å². The molecule has 0 heterocycles. The Kier molecular flexibility index (Phi) is 3.40. The normalized spacial score (nSPS) is 24.6. The zero-order chi connectivity index (χ0) is 14.0. The fraction of sp³-hybridized carbons (Fsp3) is 0.286. The smallest absolute Gasteiger partial charge is 0.327 e. The van der Waals surface area contributed by atoms with Crippen molar-refractivity contribution in [2.45, 2.75) is 18.6 Å². The average molecular weight is 260 g/mol. The Bertz CT molecular complexity index is 524. The third-order valence-electron chi connectivity index (χ3n) is 3.33. The van der Waals surface area contributed by atoms with Gasteiger partial charge in [0.15, 0.2) is 0 Å². The molecule has 19 heavy (non-hydrogen) atoms. The first-order valence-corrected chi connectivity index (χ1v) is 5.95. The van der Waals surface area contributed by atoms with E-state index in [1.54, 1.807) is 30.3 Å². The van der Waals surface area contributed by atoms with Gasteiger partial charge >= 0.3 is 5.97 Å². The summed E-state index contributed by atoms with van der Waals surface area (Å²) in [4.78, 5) is 22.7. The number of rotatable bonds is 5. The van der Waals surface area contributed by atoms with Crippen LogP contribution in [0.5, 0.6) is 0 Å². The van der Waals surface area contributed by atoms with Crippen LogP contribution in [-0.2, 0) is 16.1 Å². The summed E-state index contributed by atoms with van der Waals surface area (Å²) < 4.78 is 5.16. The fourth-order valence-corrected chi connectivity index (χ4v) is 1.88. The lowest BCUT2D eigenvalue weighted by Crippen LogP contribution is -2.36. The van der Waals surface area contributed by atoms with Crippen LogP contribution in [0.1, 0.15) is 22.3 Å². The van der Waals surface area contributed by atoms with Gasteiger partial charge in [0.25, 0.3) is 0 Å². The standard InChI is InChI=1S/C14H16N2O3/c1-2-11-7-14(11,16)13(18)19-8-9-3-5-10(6-4-9)12(15)17/h2-6,11H,1,7-8,16H2,(H2,15,17)/t11-,14-/m1/s1. The highest BCUT2D eigenvalue weighted by Crippen LogP contribution is 2.42. The molecule has 2 rings (SSSR count). The van der Waals surface area contributed by atoms with E-state index in [0.29, 0.717) is 12.0 Å². The lowest BCUT2D eigenvalue weighted by atomic mass is 10.1. The molecular formula is C14H16N2O3. The highest BCUT2D eigenvalue weighted by Gasteiger charge is 2.56. The second-order valence-corrected chi connectivity index (χ2v) is 4.72. The van der Waals surface area contributed by atoms with Gasteiger partial charge in [0.2, 0.25) is 5.91 Å². The van der Waals surface area contributed by atoms with E-state index in [9.17, 15) is 9.59 Å². The van der Waals surface area contributed by atoms with E-state index in [1.165, 1.54) is 0 Å². The van der Waals surface area contributed by atoms with Gasteiger partial charge in [-0.1, -0.05) is 18.2 Å². The Morgan fingerprint density at radius 1 is 1.42 bits per heavy atom. The zero-order valence-electron chi connectivity index (χ0n) is 10.5. The summed E-state index contributed by atoms with van der Waals surface area (Å²) in [5.41, 5.74) is 11.3. The van der Waals surface area contributed by atoms with E-state index in [1.807, 2.05) is 0 Å². The molecule has 0 aromatic heterocycles. The molecule has 1 aliphatic rings. The van der Waals surface area contributed by atoms with E-state index < -0.39 is 17.4 Å². The maximum absolute atomic E-state index is 11.8. The van der Waals surface area contributed by atoms with Gasteiger partial charge in [0, 0.05) is 11.5 Å². The van der Waals surface area contributed by atoms with Crippen molar-refractivity contribution >= 4 is 11.9 Å². The summed E-state index contributed by atoms with van der Waals surface area (Å²) in [7, 11) is 0. The summed E-state index contributed by atoms with van der Waals surface area (Å²) in [6, 6.07) is 6.56. The number of primary amides is 1. The molecule has 0 unspecified atom stereocenters. The van der Waals surface area contributed by atoms with Gasteiger partial charge in [-0.2, -0.15) is 0 Å². The van der Waals surface area contributed by atoms with E-state index >= 15 is 0 Å². The lowest BCUT2D eigenvalue weighted by molar-refractivity contribution is -0.148. The van der Waals surface area contributed by atoms with E-state index in [2.05, 4.69) is 6.58 Å². The van der Waals surface area contributed by atoms with Crippen molar-refractivity contribution in [3.05, 3.63) is 48.0 Å². The molecule has 1 aromatic rings. The second kappa shape index (κ2) is 4.85. The molecule has 0 radical (unpaired) electrons. The minimum absolute atomic E-state index is 0.00256. The minimum atomic E-state index is -0.908. The number of carbonyl (C=O) groups is 2. The molecule has 1 aliphatic carbocycles. The molecule has 1 fully saturated rings. The summed E-state index contributed by atoms with van der Waals surface area (Å²) in [5, 5.41) is 0. The summed E-state index contributed by atoms with van der Waals surface area (Å²) >= 11 is 0. The molecule has 0 spiro atoms. The van der Waals surface area contributed by atoms with E-state index in [-0.39, 0.29) is 12.5 Å². The predicted octanol–water partition coefficient (Wildman–Crippen LogP) is 0.732. The third-order valence-corrected chi connectivity index (χ3v) is 3.33. The number of ether oxygens (including phenoxy) is 1. The topological polar surface area (TPSA) is 95.4 Å². The van der Waals surface area contributed by atoms with Crippen molar-refractivity contribution in [1.82, 2.24) is 0 Å². The largest absolute Gasteiger partial charge is 0.459 e. The summed E-state index contributed by atoms with van der Waals surface area (Å²) in [5.74, 6) is -0.912. The quantitative estimate of drug-likeness (QED) is 0.602. The van der Waals surface area contributed by atoms with Gasteiger partial charge in [-0.25, -0.2) is 0 Å². The third kappa shape index (κ3) is 2.66. The molecule has 4 N–H and O–H groups in total. The van der Waals surface area contributed by atoms with Crippen molar-refractivity contribution in [2.75, 3.05) is 0 Å². The van der Waals surface area contributed by atoms with Crippen LogP contribution in [-0.4, -0.2) is 17.4 Å². The van der Waals surface area contributed by atoms with Crippen LogP contribution in [0, 0.1) is 5.92 Å². The van der Waals surface area contributed by atoms with Crippen molar-refractivity contribution in [3.8, 4) is 0 Å². The summed E-state index contributed by atoms with van der Waals surface area (Å²) in [6.45, 7) is 3.74. The van der Waals surface area contributed by atoms with Gasteiger partial charge in [0.05, 0.1) is 0 Å². The van der Waals surface area contributed by atoms with Crippen LogP contribution in [0.2, 0.25) is 0 Å². The maximum Gasteiger partial charge on any atom is 0.327 e. The van der Waals surface area contributed by atoms with Crippen LogP contribution in [0.3, 0.4) is 0 Å². The van der Waals surface area contributed by atoms with Gasteiger partial charge < -0.3 is 16.2 Å². The molecule has 5 heteroatoms. The van der Waals surface area contributed by atoms with Crippen LogP contribution in [0.4, 0.5) is 0 Å². The number of hydrogen-bond acceptors (Lipinski definition) is 4. The molecule has 1 aromatic carbocycles.